The van der Waals surface area contributed by atoms with E-state index in [0.29, 0.717) is 31.4 Å². The molecule has 1 saturated heterocycles. The van der Waals surface area contributed by atoms with E-state index in [4.69, 9.17) is 9.47 Å². The first-order valence-electron chi connectivity index (χ1n) is 14.1. The van der Waals surface area contributed by atoms with Crippen molar-refractivity contribution in [2.24, 2.45) is 0 Å². The van der Waals surface area contributed by atoms with Crippen molar-refractivity contribution in [3.8, 4) is 11.5 Å². The first-order valence-corrected chi connectivity index (χ1v) is 14.1. The predicted molar refractivity (Wildman–Crippen MR) is 158 cm³/mol. The summed E-state index contributed by atoms with van der Waals surface area (Å²) >= 11 is 0. The van der Waals surface area contributed by atoms with Gasteiger partial charge in [-0.2, -0.15) is 0 Å². The van der Waals surface area contributed by atoms with Crippen molar-refractivity contribution in [1.82, 2.24) is 14.9 Å². The molecule has 0 spiro atoms. The third kappa shape index (κ3) is 4.78. The summed E-state index contributed by atoms with van der Waals surface area (Å²) in [7, 11) is 0. The Hall–Kier alpha value is -4.33. The molecule has 0 N–H and O–H groups in total. The number of nitrogens with zero attached hydrogens (tertiary/aromatic N) is 5. The summed E-state index contributed by atoms with van der Waals surface area (Å²) in [4.78, 5) is 29.6. The molecule has 0 aliphatic carbocycles. The largest absolute Gasteiger partial charge is 0.490 e. The molecule has 6 rings (SSSR count). The van der Waals surface area contributed by atoms with Gasteiger partial charge in [-0.3, -0.25) is 4.79 Å². The van der Waals surface area contributed by atoms with E-state index in [1.165, 1.54) is 0 Å². The molecule has 1 aromatic heterocycles. The Labute approximate surface area is 235 Å². The maximum Gasteiger partial charge on any atom is 0.257 e. The number of ether oxygens (including phenoxy) is 2. The third-order valence-electron chi connectivity index (χ3n) is 7.78. The van der Waals surface area contributed by atoms with Crippen molar-refractivity contribution in [2.45, 2.75) is 39.7 Å². The first kappa shape index (κ1) is 25.9. The van der Waals surface area contributed by atoms with Crippen molar-refractivity contribution in [1.29, 1.82) is 0 Å². The molecule has 206 valence electrons. The first-order chi connectivity index (χ1) is 19.6. The number of benzene rings is 3. The second-order valence-corrected chi connectivity index (χ2v) is 10.3. The number of piperidine rings is 1. The van der Waals surface area contributed by atoms with Gasteiger partial charge >= 0.3 is 0 Å². The van der Waals surface area contributed by atoms with E-state index in [0.717, 1.165) is 65.2 Å². The van der Waals surface area contributed by atoms with Gasteiger partial charge in [0.15, 0.2) is 11.5 Å². The number of hydrogen-bond donors (Lipinski definition) is 0. The number of hydrogen-bond acceptors (Lipinski definition) is 7. The van der Waals surface area contributed by atoms with Gasteiger partial charge in [-0.25, -0.2) is 9.97 Å². The Morgan fingerprint density at radius 3 is 2.35 bits per heavy atom. The van der Waals surface area contributed by atoms with E-state index in [2.05, 4.69) is 48.9 Å². The van der Waals surface area contributed by atoms with Crippen molar-refractivity contribution >= 4 is 34.0 Å². The van der Waals surface area contributed by atoms with E-state index in [9.17, 15) is 4.79 Å². The molecular formula is C32H35N5O3. The normalized spacial score (nSPS) is 15.9. The average molecular weight is 538 g/mol. The molecule has 0 saturated carbocycles. The summed E-state index contributed by atoms with van der Waals surface area (Å²) in [6, 6.07) is 20.6. The number of fused-ring (bicyclic) bond motifs is 2. The molecular weight excluding hydrogens is 502 g/mol. The van der Waals surface area contributed by atoms with E-state index in [1.54, 1.807) is 6.33 Å². The minimum atomic E-state index is 0.113. The Balaban J connectivity index is 1.26. The van der Waals surface area contributed by atoms with Crippen LogP contribution in [0.3, 0.4) is 0 Å². The molecule has 8 heteroatoms. The molecule has 1 fully saturated rings. The van der Waals surface area contributed by atoms with Crippen molar-refractivity contribution in [3.05, 3.63) is 78.1 Å². The summed E-state index contributed by atoms with van der Waals surface area (Å²) < 4.78 is 11.7. The zero-order valence-corrected chi connectivity index (χ0v) is 23.3. The van der Waals surface area contributed by atoms with Gasteiger partial charge in [0.05, 0.1) is 36.6 Å². The zero-order chi connectivity index (χ0) is 27.6. The number of carbonyl (C=O) groups is 1. The molecule has 2 aliphatic rings. The number of para-hydroxylation sites is 1. The SMILES string of the molecule is CCOc1cc2ncnc(N3CCC(N4CN(c5ccccc5)c5ccc(C)cc5C4=O)CC3)c2cc1OCC. The Kier molecular flexibility index (Phi) is 7.15. The van der Waals surface area contributed by atoms with Crippen LogP contribution in [0, 0.1) is 6.92 Å². The molecule has 3 heterocycles. The highest BCUT2D eigenvalue weighted by Gasteiger charge is 2.36. The molecule has 3 aromatic carbocycles. The summed E-state index contributed by atoms with van der Waals surface area (Å²) in [5.74, 6) is 2.41. The van der Waals surface area contributed by atoms with Crippen LogP contribution in [0.4, 0.5) is 17.2 Å². The topological polar surface area (TPSA) is 71.0 Å². The molecule has 8 nitrogen and oxygen atoms in total. The molecule has 2 aliphatic heterocycles. The van der Waals surface area contributed by atoms with Crippen molar-refractivity contribution in [3.63, 3.8) is 0 Å². The summed E-state index contributed by atoms with van der Waals surface area (Å²) in [5.41, 5.74) is 4.75. The minimum Gasteiger partial charge on any atom is -0.490 e. The van der Waals surface area contributed by atoms with Gasteiger partial charge in [0.2, 0.25) is 0 Å². The molecule has 0 radical (unpaired) electrons. The molecule has 0 atom stereocenters. The highest BCUT2D eigenvalue weighted by molar-refractivity contribution is 6.03. The van der Waals surface area contributed by atoms with Crippen LogP contribution >= 0.6 is 0 Å². The number of amides is 1. The van der Waals surface area contributed by atoms with Gasteiger partial charge in [0, 0.05) is 36.3 Å². The van der Waals surface area contributed by atoms with E-state index >= 15 is 0 Å². The fraction of sp³-hybridized carbons (Fsp3) is 0.344. The van der Waals surface area contributed by atoms with Crippen LogP contribution < -0.4 is 19.3 Å². The molecule has 0 bridgehead atoms. The van der Waals surface area contributed by atoms with Crippen LogP contribution in [-0.4, -0.2) is 59.8 Å². The number of anilines is 3. The number of rotatable bonds is 7. The van der Waals surface area contributed by atoms with Gasteiger partial charge in [0.1, 0.15) is 12.1 Å². The molecule has 0 unspecified atom stereocenters. The monoisotopic (exact) mass is 537 g/mol. The predicted octanol–water partition coefficient (Wildman–Crippen LogP) is 5.96. The Bertz CT molecular complexity index is 1520. The van der Waals surface area contributed by atoms with Gasteiger partial charge in [0.25, 0.3) is 5.91 Å². The zero-order valence-electron chi connectivity index (χ0n) is 23.3. The quantitative estimate of drug-likeness (QED) is 0.288. The highest BCUT2D eigenvalue weighted by Crippen LogP contribution is 2.38. The highest BCUT2D eigenvalue weighted by atomic mass is 16.5. The summed E-state index contributed by atoms with van der Waals surface area (Å²) in [5, 5.41) is 0.946. The van der Waals surface area contributed by atoms with E-state index in [1.807, 2.05) is 57.2 Å². The fourth-order valence-corrected chi connectivity index (χ4v) is 5.84. The summed E-state index contributed by atoms with van der Waals surface area (Å²) in [6.45, 7) is 9.20. The van der Waals surface area contributed by atoms with Crippen LogP contribution in [0.25, 0.3) is 10.9 Å². The van der Waals surface area contributed by atoms with Gasteiger partial charge in [-0.05, 0) is 63.9 Å². The van der Waals surface area contributed by atoms with Crippen molar-refractivity contribution in [2.75, 3.05) is 42.8 Å². The van der Waals surface area contributed by atoms with Gasteiger partial charge in [-0.1, -0.05) is 29.8 Å². The molecule has 4 aromatic rings. The average Bonchev–Trinajstić information content (AvgIpc) is 2.98. The third-order valence-corrected chi connectivity index (χ3v) is 7.78. The van der Waals surface area contributed by atoms with E-state index in [-0.39, 0.29) is 11.9 Å². The van der Waals surface area contributed by atoms with Crippen LogP contribution in [0.1, 0.15) is 42.6 Å². The lowest BCUT2D eigenvalue weighted by Crippen LogP contribution is -2.53. The van der Waals surface area contributed by atoms with Crippen LogP contribution in [0.15, 0.2) is 67.0 Å². The Morgan fingerprint density at radius 1 is 0.900 bits per heavy atom. The Morgan fingerprint density at radius 2 is 1.62 bits per heavy atom. The maximum absolute atomic E-state index is 13.8. The van der Waals surface area contributed by atoms with Gasteiger partial charge in [-0.15, -0.1) is 0 Å². The smallest absolute Gasteiger partial charge is 0.257 e. The lowest BCUT2D eigenvalue weighted by atomic mass is 9.98. The van der Waals surface area contributed by atoms with Crippen LogP contribution in [0.5, 0.6) is 11.5 Å². The fourth-order valence-electron chi connectivity index (χ4n) is 5.84. The van der Waals surface area contributed by atoms with Crippen molar-refractivity contribution < 1.29 is 14.3 Å². The summed E-state index contributed by atoms with van der Waals surface area (Å²) in [6.07, 6.45) is 3.33. The van der Waals surface area contributed by atoms with Crippen LogP contribution in [0.2, 0.25) is 0 Å². The van der Waals surface area contributed by atoms with E-state index < -0.39 is 0 Å². The second kappa shape index (κ2) is 11.0. The van der Waals surface area contributed by atoms with Gasteiger partial charge < -0.3 is 24.2 Å². The lowest BCUT2D eigenvalue weighted by molar-refractivity contribution is 0.0640. The van der Waals surface area contributed by atoms with Crippen LogP contribution in [-0.2, 0) is 0 Å². The maximum atomic E-state index is 13.8. The molecule has 1 amide bonds. The minimum absolute atomic E-state index is 0.113. The standard InChI is InChI=1S/C32H35N5O3/c1-4-39-29-18-25-27(19-30(29)40-5-2)33-20-34-31(25)35-15-13-24(14-16-35)37-21-36(23-9-7-6-8-10-23)28-12-11-22(3)17-26(28)32(37)38/h6-12,17-20,24H,4-5,13-16,21H2,1-3H3. The lowest BCUT2D eigenvalue weighted by Gasteiger charge is -2.45. The number of carbonyl (C=O) groups excluding carboxylic acids is 1. The second-order valence-electron chi connectivity index (χ2n) is 10.3. The number of aryl methyl sites for hydroxylation is 1. The number of aromatic nitrogens is 2. The molecule has 40 heavy (non-hydrogen) atoms.